The van der Waals surface area contributed by atoms with E-state index < -0.39 is 10.0 Å². The Balaban J connectivity index is 2.06. The molecule has 1 aliphatic heterocycles. The van der Waals surface area contributed by atoms with Gasteiger partial charge in [0, 0.05) is 18.3 Å². The largest absolute Gasteiger partial charge is 0.398 e. The Labute approximate surface area is 120 Å². The molecule has 2 rings (SSSR count). The summed E-state index contributed by atoms with van der Waals surface area (Å²) in [6.45, 7) is 1.97. The second kappa shape index (κ2) is 5.99. The molecule has 1 atom stereocenters. The van der Waals surface area contributed by atoms with Crippen molar-refractivity contribution in [3.8, 4) is 0 Å². The molecular formula is C13H22N4O2S. The van der Waals surface area contributed by atoms with Gasteiger partial charge < -0.3 is 16.0 Å². The van der Waals surface area contributed by atoms with Crippen molar-refractivity contribution in [2.45, 2.75) is 23.8 Å². The van der Waals surface area contributed by atoms with Crippen LogP contribution < -0.4 is 15.8 Å². The standard InChI is InChI=1S/C13H22N4O2S/c1-15-20(18,19)13-6-5-10(8-12(13)14)16-9-11-4-3-7-17(11)2/h5-6,8,11,15-16H,3-4,7,9,14H2,1-2H3. The molecule has 1 unspecified atom stereocenters. The normalized spacial score (nSPS) is 20.2. The van der Waals surface area contributed by atoms with Gasteiger partial charge in [-0.3, -0.25) is 0 Å². The van der Waals surface area contributed by atoms with Gasteiger partial charge in [0.1, 0.15) is 4.90 Å². The van der Waals surface area contributed by atoms with Gasteiger partial charge in [0.25, 0.3) is 0 Å². The molecule has 0 aliphatic carbocycles. The highest BCUT2D eigenvalue weighted by Gasteiger charge is 2.20. The van der Waals surface area contributed by atoms with E-state index in [1.807, 2.05) is 0 Å². The first-order valence-electron chi connectivity index (χ1n) is 6.71. The van der Waals surface area contributed by atoms with Crippen molar-refractivity contribution in [1.29, 1.82) is 0 Å². The number of nitrogens with two attached hydrogens (primary N) is 1. The van der Waals surface area contributed by atoms with Crippen LogP contribution in [-0.2, 0) is 10.0 Å². The van der Waals surface area contributed by atoms with Crippen LogP contribution in [0.2, 0.25) is 0 Å². The van der Waals surface area contributed by atoms with Gasteiger partial charge in [-0.15, -0.1) is 0 Å². The molecule has 0 radical (unpaired) electrons. The van der Waals surface area contributed by atoms with E-state index in [0.29, 0.717) is 6.04 Å². The van der Waals surface area contributed by atoms with Crippen molar-refractivity contribution >= 4 is 21.4 Å². The maximum atomic E-state index is 11.7. The number of likely N-dealkylation sites (tertiary alicyclic amines) is 1. The number of nitrogens with zero attached hydrogens (tertiary/aromatic N) is 1. The van der Waals surface area contributed by atoms with Crippen LogP contribution >= 0.6 is 0 Å². The summed E-state index contributed by atoms with van der Waals surface area (Å²) in [6, 6.07) is 5.47. The van der Waals surface area contributed by atoms with E-state index in [-0.39, 0.29) is 10.6 Å². The van der Waals surface area contributed by atoms with Crippen molar-refractivity contribution in [1.82, 2.24) is 9.62 Å². The predicted octanol–water partition coefficient (Wildman–Crippen LogP) is 0.683. The zero-order valence-corrected chi connectivity index (χ0v) is 12.7. The van der Waals surface area contributed by atoms with Gasteiger partial charge in [0.15, 0.2) is 0 Å². The number of hydrogen-bond donors (Lipinski definition) is 3. The second-order valence-corrected chi connectivity index (χ2v) is 6.97. The lowest BCUT2D eigenvalue weighted by atomic mass is 10.2. The average Bonchev–Trinajstić information content (AvgIpc) is 2.81. The summed E-state index contributed by atoms with van der Waals surface area (Å²) in [7, 11) is -0.00279. The van der Waals surface area contributed by atoms with Crippen LogP contribution in [0.4, 0.5) is 11.4 Å². The van der Waals surface area contributed by atoms with E-state index in [1.54, 1.807) is 12.1 Å². The summed E-state index contributed by atoms with van der Waals surface area (Å²) >= 11 is 0. The van der Waals surface area contributed by atoms with Crippen LogP contribution in [0.1, 0.15) is 12.8 Å². The average molecular weight is 298 g/mol. The fraction of sp³-hybridized carbons (Fsp3) is 0.538. The Hall–Kier alpha value is -1.31. The summed E-state index contributed by atoms with van der Waals surface area (Å²) < 4.78 is 25.7. The number of nitrogens with one attached hydrogen (secondary N) is 2. The predicted molar refractivity (Wildman–Crippen MR) is 81.2 cm³/mol. The molecule has 20 heavy (non-hydrogen) atoms. The van der Waals surface area contributed by atoms with E-state index in [4.69, 9.17) is 5.73 Å². The number of hydrogen-bond acceptors (Lipinski definition) is 5. The molecule has 1 aliphatic rings. The third-order valence-electron chi connectivity index (χ3n) is 3.78. The molecular weight excluding hydrogens is 276 g/mol. The Morgan fingerprint density at radius 3 is 2.75 bits per heavy atom. The number of likely N-dealkylation sites (N-methyl/N-ethyl adjacent to an activating group) is 1. The van der Waals surface area contributed by atoms with Crippen LogP contribution in [0.5, 0.6) is 0 Å². The summed E-state index contributed by atoms with van der Waals surface area (Å²) in [4.78, 5) is 2.44. The van der Waals surface area contributed by atoms with Gasteiger partial charge in [-0.1, -0.05) is 0 Å². The molecule has 1 fully saturated rings. The van der Waals surface area contributed by atoms with Gasteiger partial charge >= 0.3 is 0 Å². The summed E-state index contributed by atoms with van der Waals surface area (Å²) in [5.41, 5.74) is 6.92. The molecule has 7 heteroatoms. The first-order chi connectivity index (χ1) is 9.44. The third kappa shape index (κ3) is 3.23. The molecule has 1 saturated heterocycles. The molecule has 0 spiro atoms. The molecule has 0 amide bonds. The van der Waals surface area contributed by atoms with Crippen molar-refractivity contribution in [2.75, 3.05) is 38.2 Å². The quantitative estimate of drug-likeness (QED) is 0.696. The molecule has 4 N–H and O–H groups in total. The lowest BCUT2D eigenvalue weighted by Gasteiger charge is -2.20. The topological polar surface area (TPSA) is 87.5 Å². The summed E-state index contributed by atoms with van der Waals surface area (Å²) in [5.74, 6) is 0. The molecule has 1 heterocycles. The molecule has 0 bridgehead atoms. The van der Waals surface area contributed by atoms with E-state index in [0.717, 1.165) is 18.8 Å². The number of anilines is 2. The van der Waals surface area contributed by atoms with Crippen LogP contribution in [0.25, 0.3) is 0 Å². The maximum Gasteiger partial charge on any atom is 0.242 e. The summed E-state index contributed by atoms with van der Waals surface area (Å²) in [5, 5.41) is 3.32. The number of rotatable bonds is 5. The highest BCUT2D eigenvalue weighted by atomic mass is 32.2. The molecule has 0 aromatic heterocycles. The van der Waals surface area contributed by atoms with Crippen molar-refractivity contribution in [3.05, 3.63) is 18.2 Å². The SMILES string of the molecule is CNS(=O)(=O)c1ccc(NCC2CCCN2C)cc1N. The van der Waals surface area contributed by atoms with Gasteiger partial charge in [-0.2, -0.15) is 0 Å². The summed E-state index contributed by atoms with van der Waals surface area (Å²) in [6.07, 6.45) is 2.41. The molecule has 1 aromatic carbocycles. The lowest BCUT2D eigenvalue weighted by molar-refractivity contribution is 0.322. The minimum Gasteiger partial charge on any atom is -0.398 e. The molecule has 1 aromatic rings. The van der Waals surface area contributed by atoms with Crippen LogP contribution in [0, 0.1) is 0 Å². The third-order valence-corrected chi connectivity index (χ3v) is 5.27. The Morgan fingerprint density at radius 2 is 2.20 bits per heavy atom. The lowest BCUT2D eigenvalue weighted by Crippen LogP contribution is -2.31. The van der Waals surface area contributed by atoms with Crippen LogP contribution in [0.3, 0.4) is 0 Å². The van der Waals surface area contributed by atoms with Gasteiger partial charge in [0.2, 0.25) is 10.0 Å². The fourth-order valence-electron chi connectivity index (χ4n) is 2.49. The highest BCUT2D eigenvalue weighted by molar-refractivity contribution is 7.89. The Morgan fingerprint density at radius 1 is 1.45 bits per heavy atom. The zero-order chi connectivity index (χ0) is 14.8. The van der Waals surface area contributed by atoms with Crippen molar-refractivity contribution < 1.29 is 8.42 Å². The minimum atomic E-state index is -3.50. The number of sulfonamides is 1. The van der Waals surface area contributed by atoms with Crippen LogP contribution in [0.15, 0.2) is 23.1 Å². The van der Waals surface area contributed by atoms with Gasteiger partial charge in [-0.25, -0.2) is 13.1 Å². The maximum absolute atomic E-state index is 11.7. The van der Waals surface area contributed by atoms with Gasteiger partial charge in [0.05, 0.1) is 5.69 Å². The Kier molecular flexibility index (Phi) is 4.52. The van der Waals surface area contributed by atoms with Crippen molar-refractivity contribution in [3.63, 3.8) is 0 Å². The first-order valence-corrected chi connectivity index (χ1v) is 8.19. The highest BCUT2D eigenvalue weighted by Crippen LogP contribution is 2.23. The zero-order valence-electron chi connectivity index (χ0n) is 11.9. The van der Waals surface area contributed by atoms with E-state index in [2.05, 4.69) is 22.0 Å². The molecule has 0 saturated carbocycles. The number of nitrogen functional groups attached to an aromatic ring is 1. The monoisotopic (exact) mass is 298 g/mol. The second-order valence-electron chi connectivity index (χ2n) is 5.12. The minimum absolute atomic E-state index is 0.114. The fourth-order valence-corrected chi connectivity index (χ4v) is 3.32. The Bertz CT molecular complexity index is 574. The molecule has 112 valence electrons. The molecule has 6 nitrogen and oxygen atoms in total. The first kappa shape index (κ1) is 15.1. The van der Waals surface area contributed by atoms with E-state index in [9.17, 15) is 8.42 Å². The van der Waals surface area contributed by atoms with E-state index in [1.165, 1.54) is 26.0 Å². The van der Waals surface area contributed by atoms with E-state index >= 15 is 0 Å². The van der Waals surface area contributed by atoms with Crippen LogP contribution in [-0.4, -0.2) is 46.5 Å². The van der Waals surface area contributed by atoms with Crippen molar-refractivity contribution in [2.24, 2.45) is 0 Å². The number of benzene rings is 1. The van der Waals surface area contributed by atoms with Gasteiger partial charge in [-0.05, 0) is 51.7 Å². The smallest absolute Gasteiger partial charge is 0.242 e.